The van der Waals surface area contributed by atoms with Gasteiger partial charge in [-0.05, 0) is 48.0 Å². The molecule has 13 nitrogen and oxygen atoms in total. The number of carbonyl (C=O) groups excluding carboxylic acids is 1. The summed E-state index contributed by atoms with van der Waals surface area (Å²) in [5.74, 6) is 2.62. The second-order valence-corrected chi connectivity index (χ2v) is 11.6. The number of benzene rings is 1. The first-order valence-electron chi connectivity index (χ1n) is 15.4. The number of nitrogens with zero attached hydrogens (tertiary/aromatic N) is 11. The maximum Gasteiger partial charge on any atom is 0.226 e. The number of anilines is 3. The predicted molar refractivity (Wildman–Crippen MR) is 175 cm³/mol. The Morgan fingerprint density at radius 3 is 2.43 bits per heavy atom. The van der Waals surface area contributed by atoms with Gasteiger partial charge in [0.05, 0.1) is 5.56 Å². The van der Waals surface area contributed by atoms with E-state index < -0.39 is 0 Å². The lowest BCUT2D eigenvalue weighted by Gasteiger charge is -2.34. The van der Waals surface area contributed by atoms with Crippen LogP contribution in [0.25, 0.3) is 28.2 Å². The lowest BCUT2D eigenvalue weighted by Crippen LogP contribution is -2.46. The summed E-state index contributed by atoms with van der Waals surface area (Å²) in [6.45, 7) is 6.09. The molecule has 1 amide bonds. The minimum absolute atomic E-state index is 0.143. The van der Waals surface area contributed by atoms with Gasteiger partial charge in [0.2, 0.25) is 11.9 Å². The second-order valence-electron chi connectivity index (χ2n) is 11.6. The number of amides is 1. The molecule has 2 aliphatic rings. The zero-order chi connectivity index (χ0) is 31.6. The van der Waals surface area contributed by atoms with Crippen LogP contribution in [-0.2, 0) is 11.3 Å². The molecule has 0 bridgehead atoms. The predicted octanol–water partition coefficient (Wildman–Crippen LogP) is 2.72. The molecule has 0 radical (unpaired) electrons. The highest BCUT2D eigenvalue weighted by Crippen LogP contribution is 2.32. The first-order chi connectivity index (χ1) is 22.5. The van der Waals surface area contributed by atoms with E-state index in [9.17, 15) is 10.1 Å². The minimum Gasteiger partial charge on any atom is -0.383 e. The zero-order valence-electron chi connectivity index (χ0n) is 25.6. The van der Waals surface area contributed by atoms with Crippen LogP contribution in [0.3, 0.4) is 0 Å². The highest BCUT2D eigenvalue weighted by molar-refractivity contribution is 5.84. The van der Waals surface area contributed by atoms with Gasteiger partial charge in [-0.3, -0.25) is 14.3 Å². The van der Waals surface area contributed by atoms with Gasteiger partial charge in [0.15, 0.2) is 11.5 Å². The van der Waals surface area contributed by atoms with Gasteiger partial charge in [-0.15, -0.1) is 0 Å². The lowest BCUT2D eigenvalue weighted by molar-refractivity contribution is -0.129. The number of carbonyl (C=O) groups is 1. The maximum atomic E-state index is 12.3. The molecule has 4 aromatic heterocycles. The fourth-order valence-electron chi connectivity index (χ4n) is 5.99. The molecule has 1 aromatic carbocycles. The third-order valence-corrected chi connectivity index (χ3v) is 8.63. The lowest BCUT2D eigenvalue weighted by atomic mass is 10.1. The van der Waals surface area contributed by atoms with Gasteiger partial charge in [-0.25, -0.2) is 24.9 Å². The van der Waals surface area contributed by atoms with Crippen molar-refractivity contribution < 1.29 is 4.79 Å². The van der Waals surface area contributed by atoms with Crippen molar-refractivity contribution in [3.63, 3.8) is 0 Å². The summed E-state index contributed by atoms with van der Waals surface area (Å²) in [4.78, 5) is 43.9. The molecule has 232 valence electrons. The molecule has 0 unspecified atom stereocenters. The number of aromatic nitrogens is 6. The summed E-state index contributed by atoms with van der Waals surface area (Å²) in [6, 6.07) is 19.9. The Morgan fingerprint density at radius 1 is 0.848 bits per heavy atom. The van der Waals surface area contributed by atoms with E-state index in [1.54, 1.807) is 23.4 Å². The van der Waals surface area contributed by atoms with Crippen molar-refractivity contribution in [1.29, 1.82) is 5.26 Å². The summed E-state index contributed by atoms with van der Waals surface area (Å²) in [7, 11) is 1.84. The quantitative estimate of drug-likeness (QED) is 0.301. The number of imidazole rings is 1. The summed E-state index contributed by atoms with van der Waals surface area (Å²) in [5, 5.41) is 9.18. The van der Waals surface area contributed by atoms with Crippen LogP contribution in [0.2, 0.25) is 0 Å². The second kappa shape index (κ2) is 12.4. The summed E-state index contributed by atoms with van der Waals surface area (Å²) in [5.41, 5.74) is 11.0. The highest BCUT2D eigenvalue weighted by Gasteiger charge is 2.23. The number of hydrogen-bond acceptors (Lipinski definition) is 11. The van der Waals surface area contributed by atoms with Crippen LogP contribution < -0.4 is 15.5 Å². The fraction of sp³-hybridized carbons (Fsp3) is 0.303. The first kappa shape index (κ1) is 29.1. The van der Waals surface area contributed by atoms with Crippen LogP contribution >= 0.6 is 0 Å². The van der Waals surface area contributed by atoms with Crippen molar-refractivity contribution in [2.75, 3.05) is 68.4 Å². The Hall–Kier alpha value is -5.61. The Labute approximate surface area is 266 Å². The van der Waals surface area contributed by atoms with Gasteiger partial charge in [-0.1, -0.05) is 12.1 Å². The van der Waals surface area contributed by atoms with Crippen LogP contribution in [0.4, 0.5) is 17.6 Å². The molecule has 0 aliphatic carbocycles. The third-order valence-electron chi connectivity index (χ3n) is 8.63. The molecule has 0 spiro atoms. The zero-order valence-corrected chi connectivity index (χ0v) is 25.6. The molecule has 0 saturated carbocycles. The van der Waals surface area contributed by atoms with Crippen molar-refractivity contribution in [2.24, 2.45) is 0 Å². The molecule has 46 heavy (non-hydrogen) atoms. The Kier molecular flexibility index (Phi) is 7.86. The van der Waals surface area contributed by atoms with Gasteiger partial charge in [-0.2, -0.15) is 5.26 Å². The smallest absolute Gasteiger partial charge is 0.226 e. The Balaban J connectivity index is 1.15. The molecule has 2 aliphatic heterocycles. The molecule has 6 heterocycles. The normalized spacial score (nSPS) is 16.1. The molecule has 2 N–H and O–H groups in total. The number of likely N-dealkylation sites (N-methyl/N-ethyl adjacent to an activating group) is 1. The van der Waals surface area contributed by atoms with E-state index >= 15 is 0 Å². The van der Waals surface area contributed by atoms with Crippen LogP contribution in [0, 0.1) is 11.3 Å². The first-order valence-corrected chi connectivity index (χ1v) is 15.4. The summed E-state index contributed by atoms with van der Waals surface area (Å²) < 4.78 is 2.04. The van der Waals surface area contributed by atoms with Crippen molar-refractivity contribution >= 4 is 34.7 Å². The van der Waals surface area contributed by atoms with Crippen LogP contribution in [0.5, 0.6) is 0 Å². The summed E-state index contributed by atoms with van der Waals surface area (Å²) >= 11 is 0. The molecule has 2 fully saturated rings. The molecule has 5 aromatic rings. The van der Waals surface area contributed by atoms with Gasteiger partial charge >= 0.3 is 0 Å². The number of pyridine rings is 2. The van der Waals surface area contributed by atoms with Gasteiger partial charge in [0, 0.05) is 83.9 Å². The van der Waals surface area contributed by atoms with E-state index in [4.69, 9.17) is 15.7 Å². The van der Waals surface area contributed by atoms with Crippen LogP contribution in [0.1, 0.15) is 17.7 Å². The summed E-state index contributed by atoms with van der Waals surface area (Å²) in [6.07, 6.45) is 3.76. The number of nitrogen functional groups attached to an aromatic ring is 1. The average molecular weight is 615 g/mol. The number of hydrogen-bond donors (Lipinski definition) is 1. The van der Waals surface area contributed by atoms with E-state index in [-0.39, 0.29) is 5.91 Å². The molecule has 7 rings (SSSR count). The Morgan fingerprint density at radius 2 is 1.65 bits per heavy atom. The molecular formula is C33H34N12O. The number of nitrogens with two attached hydrogens (primary N) is 1. The standard InChI is InChI=1S/C33H34N12O/c1-41-15-18-43(14-11-29(41)46)28-9-8-27-32(40-28)45(31(39-27)26-3-2-12-36-30(26)35)25-6-4-23(5-7-25)22-42-16-19-44(20-17-42)33-37-13-10-24(21-34)38-33/h2-10,12-13H,11,14-20,22H2,1H3,(H2,35,36). The van der Waals surface area contributed by atoms with Crippen molar-refractivity contribution in [1.82, 2.24) is 39.3 Å². The fourth-order valence-corrected chi connectivity index (χ4v) is 5.99. The molecule has 2 saturated heterocycles. The van der Waals surface area contributed by atoms with Gasteiger partial charge in [0.25, 0.3) is 0 Å². The SMILES string of the molecule is CN1CCN(c2ccc3nc(-c4cccnc4N)n(-c4ccc(CN5CCN(c6nccc(C#N)n6)CC5)cc4)c3n2)CCC1=O. The Bertz CT molecular complexity index is 1920. The monoisotopic (exact) mass is 614 g/mol. The van der Waals surface area contributed by atoms with Crippen molar-refractivity contribution in [2.45, 2.75) is 13.0 Å². The van der Waals surface area contributed by atoms with E-state index in [1.165, 1.54) is 5.56 Å². The topological polar surface area (TPSA) is 149 Å². The van der Waals surface area contributed by atoms with E-state index in [1.807, 2.05) is 35.9 Å². The number of rotatable bonds is 6. The number of piperazine rings is 1. The van der Waals surface area contributed by atoms with Crippen molar-refractivity contribution in [3.8, 4) is 23.1 Å². The highest BCUT2D eigenvalue weighted by atomic mass is 16.2. The molecular weight excluding hydrogens is 580 g/mol. The minimum atomic E-state index is 0.143. The van der Waals surface area contributed by atoms with Crippen molar-refractivity contribution in [3.05, 3.63) is 78.2 Å². The van der Waals surface area contributed by atoms with E-state index in [0.717, 1.165) is 55.3 Å². The third kappa shape index (κ3) is 5.78. The number of fused-ring (bicyclic) bond motifs is 1. The van der Waals surface area contributed by atoms with E-state index in [2.05, 4.69) is 60.0 Å². The maximum absolute atomic E-state index is 12.3. The molecule has 13 heteroatoms. The number of nitriles is 1. The van der Waals surface area contributed by atoms with Gasteiger partial charge in [0.1, 0.15) is 28.9 Å². The van der Waals surface area contributed by atoms with Crippen LogP contribution in [0.15, 0.2) is 67.0 Å². The van der Waals surface area contributed by atoms with Crippen LogP contribution in [-0.4, -0.2) is 98.1 Å². The average Bonchev–Trinajstić information content (AvgIpc) is 3.38. The molecule has 0 atom stereocenters. The largest absolute Gasteiger partial charge is 0.383 e. The van der Waals surface area contributed by atoms with E-state index in [0.29, 0.717) is 55.0 Å². The van der Waals surface area contributed by atoms with Gasteiger partial charge < -0.3 is 20.4 Å².